The van der Waals surface area contributed by atoms with Crippen molar-refractivity contribution in [1.82, 2.24) is 9.97 Å². The summed E-state index contributed by atoms with van der Waals surface area (Å²) < 4.78 is 16.9. The van der Waals surface area contributed by atoms with Crippen LogP contribution in [0.1, 0.15) is 22.2 Å². The summed E-state index contributed by atoms with van der Waals surface area (Å²) in [6, 6.07) is 43.6. The van der Waals surface area contributed by atoms with E-state index in [4.69, 9.17) is 2.74 Å². The van der Waals surface area contributed by atoms with E-state index in [1.807, 2.05) is 56.4 Å². The molecule has 0 saturated heterocycles. The van der Waals surface area contributed by atoms with Crippen LogP contribution in [0.5, 0.6) is 0 Å². The standard InChI is InChI=1S/C27H22N.C14H16NSi.Ir/c1-18(2)15-19-13-14-28-27(16-19)20-11-12-25-23-9-4-3-7-21(23)22-8-5-6-10-24(22)26(25)17-20;1-16(2,3)13-9-10-14(15-11-13)12-7-5-4-6-8-12;/h3-10,12-14,16-18H,15H2,1-2H3;4-7,9-11H,1-3H3;/q2*-1;/i15D2;;. The van der Waals surface area contributed by atoms with Crippen molar-refractivity contribution in [3.05, 3.63) is 139 Å². The van der Waals surface area contributed by atoms with Crippen molar-refractivity contribution >= 4 is 45.6 Å². The zero-order valence-electron chi connectivity index (χ0n) is 28.4. The second-order valence-corrected chi connectivity index (χ2v) is 17.5. The molecule has 1 radical (unpaired) electrons. The number of fused-ring (bicyclic) bond motifs is 6. The molecule has 0 saturated carbocycles. The van der Waals surface area contributed by atoms with Crippen LogP contribution < -0.4 is 5.19 Å². The Morgan fingerprint density at radius 2 is 1.31 bits per heavy atom. The van der Waals surface area contributed by atoms with Crippen LogP contribution in [0.25, 0.3) is 54.8 Å². The van der Waals surface area contributed by atoms with Crippen molar-refractivity contribution < 1.29 is 22.8 Å². The maximum Gasteiger partial charge on any atom is 0.0795 e. The van der Waals surface area contributed by atoms with Gasteiger partial charge >= 0.3 is 0 Å². The van der Waals surface area contributed by atoms with Crippen molar-refractivity contribution in [1.29, 1.82) is 0 Å². The number of benzene rings is 5. The summed E-state index contributed by atoms with van der Waals surface area (Å²) >= 11 is 0. The smallest absolute Gasteiger partial charge is 0.0795 e. The molecule has 0 unspecified atom stereocenters. The maximum absolute atomic E-state index is 8.44. The summed E-state index contributed by atoms with van der Waals surface area (Å²) in [6.07, 6.45) is 2.31. The van der Waals surface area contributed by atoms with Crippen LogP contribution >= 0.6 is 0 Å². The Balaban J connectivity index is 0.000000217. The minimum atomic E-state index is -1.41. The van der Waals surface area contributed by atoms with Crippen LogP contribution in [-0.4, -0.2) is 18.0 Å². The molecule has 45 heavy (non-hydrogen) atoms. The molecule has 0 bridgehead atoms. The molecular weight excluding hydrogens is 741 g/mol. The molecule has 0 atom stereocenters. The molecule has 2 heterocycles. The zero-order chi connectivity index (χ0) is 32.5. The molecule has 227 valence electrons. The number of hydrogen-bond acceptors (Lipinski definition) is 2. The molecule has 0 fully saturated rings. The average Bonchev–Trinajstić information content (AvgIpc) is 3.08. The first-order valence-corrected chi connectivity index (χ1v) is 18.7. The van der Waals surface area contributed by atoms with Gasteiger partial charge < -0.3 is 9.97 Å². The summed E-state index contributed by atoms with van der Waals surface area (Å²) in [5, 5.41) is 8.62. The van der Waals surface area contributed by atoms with E-state index in [1.165, 1.54) is 32.1 Å². The van der Waals surface area contributed by atoms with Crippen LogP contribution in [0.3, 0.4) is 0 Å². The number of nitrogens with zero attached hydrogens (tertiary/aromatic N) is 2. The SMILES string of the molecule is C[Si](C)(C)c1ccc(-c2[c-]cccc2)nc1.[2H]C([2H])(c1ccnc(-c2[c-]cc3c4ccccc4c4ccccc4c3c2)c1)C(C)C.[Ir]. The number of hydrogen-bond donors (Lipinski definition) is 0. The molecule has 0 aliphatic rings. The number of rotatable bonds is 5. The van der Waals surface area contributed by atoms with E-state index in [-0.39, 0.29) is 26.0 Å². The molecule has 4 heteroatoms. The Bertz CT molecular complexity index is 2110. The van der Waals surface area contributed by atoms with E-state index < -0.39 is 14.4 Å². The fraction of sp³-hybridized carbons (Fsp3) is 0.171. The molecule has 0 spiro atoms. The van der Waals surface area contributed by atoms with Gasteiger partial charge in [0.05, 0.1) is 8.07 Å². The van der Waals surface area contributed by atoms with Gasteiger partial charge in [-0.3, -0.25) is 0 Å². The predicted molar refractivity (Wildman–Crippen MR) is 191 cm³/mol. The predicted octanol–water partition coefficient (Wildman–Crippen LogP) is 10.3. The summed E-state index contributed by atoms with van der Waals surface area (Å²) in [6.45, 7) is 10.8. The van der Waals surface area contributed by atoms with E-state index in [2.05, 4.69) is 108 Å². The Hall–Kier alpha value is -3.95. The summed E-state index contributed by atoms with van der Waals surface area (Å²) in [7, 11) is -1.23. The van der Waals surface area contributed by atoms with Crippen LogP contribution in [0.4, 0.5) is 0 Å². The van der Waals surface area contributed by atoms with Gasteiger partial charge in [-0.2, -0.15) is 0 Å². The first-order valence-electron chi connectivity index (χ1n) is 16.2. The Morgan fingerprint density at radius 1 is 0.667 bits per heavy atom. The van der Waals surface area contributed by atoms with E-state index in [1.54, 1.807) is 12.3 Å². The van der Waals surface area contributed by atoms with Crippen LogP contribution in [0.2, 0.25) is 19.6 Å². The molecule has 0 aliphatic carbocycles. The molecule has 2 nitrogen and oxygen atoms in total. The molecule has 7 aromatic rings. The van der Waals surface area contributed by atoms with E-state index in [9.17, 15) is 0 Å². The van der Waals surface area contributed by atoms with Crippen molar-refractivity contribution in [2.75, 3.05) is 0 Å². The van der Waals surface area contributed by atoms with Gasteiger partial charge in [0.25, 0.3) is 0 Å². The number of aromatic nitrogens is 2. The molecule has 0 N–H and O–H groups in total. The van der Waals surface area contributed by atoms with E-state index in [0.29, 0.717) is 5.56 Å². The largest absolute Gasteiger partial charge is 0.305 e. The van der Waals surface area contributed by atoms with Gasteiger partial charge in [-0.15, -0.1) is 59.7 Å². The summed E-state index contributed by atoms with van der Waals surface area (Å²) in [4.78, 5) is 9.05. The third-order valence-electron chi connectivity index (χ3n) is 7.78. The second kappa shape index (κ2) is 14.0. The molecule has 2 aromatic heterocycles. The molecular formula is C41H38IrN2Si-2. The van der Waals surface area contributed by atoms with Gasteiger partial charge in [-0.25, -0.2) is 0 Å². The summed E-state index contributed by atoms with van der Waals surface area (Å²) in [5.74, 6) is -0.122. The monoisotopic (exact) mass is 781 g/mol. The van der Waals surface area contributed by atoms with E-state index in [0.717, 1.165) is 27.9 Å². The van der Waals surface area contributed by atoms with Gasteiger partial charge in [-0.1, -0.05) is 122 Å². The third-order valence-corrected chi connectivity index (χ3v) is 9.81. The first kappa shape index (κ1) is 29.7. The van der Waals surface area contributed by atoms with Gasteiger partial charge in [0.2, 0.25) is 0 Å². The zero-order valence-corrected chi connectivity index (χ0v) is 29.7. The maximum atomic E-state index is 8.44. The second-order valence-electron chi connectivity index (χ2n) is 12.5. The molecule has 0 amide bonds. The third kappa shape index (κ3) is 7.31. The normalized spacial score (nSPS) is 12.3. The van der Waals surface area contributed by atoms with Gasteiger partial charge in [-0.05, 0) is 51.1 Å². The average molecular weight is 781 g/mol. The minimum Gasteiger partial charge on any atom is -0.305 e. The fourth-order valence-corrected chi connectivity index (χ4v) is 6.58. The van der Waals surface area contributed by atoms with Crippen LogP contribution in [0.15, 0.2) is 122 Å². The fourth-order valence-electron chi connectivity index (χ4n) is 5.54. The minimum absolute atomic E-state index is 0. The Kier molecular flexibility index (Phi) is 9.25. The number of pyridine rings is 2. The van der Waals surface area contributed by atoms with E-state index >= 15 is 0 Å². The van der Waals surface area contributed by atoms with Crippen molar-refractivity contribution in [3.63, 3.8) is 0 Å². The first-order chi connectivity index (χ1) is 22.0. The Morgan fingerprint density at radius 3 is 1.89 bits per heavy atom. The quantitative estimate of drug-likeness (QED) is 0.0988. The van der Waals surface area contributed by atoms with Crippen molar-refractivity contribution in [2.24, 2.45) is 5.92 Å². The van der Waals surface area contributed by atoms with Crippen LogP contribution in [-0.2, 0) is 26.5 Å². The molecule has 5 aromatic carbocycles. The van der Waals surface area contributed by atoms with Crippen molar-refractivity contribution in [2.45, 2.75) is 39.9 Å². The van der Waals surface area contributed by atoms with Crippen LogP contribution in [0, 0.1) is 18.1 Å². The molecule has 7 rings (SSSR count). The van der Waals surface area contributed by atoms with Crippen molar-refractivity contribution in [3.8, 4) is 22.5 Å². The Labute approximate surface area is 284 Å². The molecule has 0 aliphatic heterocycles. The van der Waals surface area contributed by atoms with Gasteiger partial charge in [0.15, 0.2) is 0 Å². The topological polar surface area (TPSA) is 25.8 Å². The van der Waals surface area contributed by atoms with Gasteiger partial charge in [0, 0.05) is 35.2 Å². The van der Waals surface area contributed by atoms with Gasteiger partial charge in [0.1, 0.15) is 0 Å². The summed E-state index contributed by atoms with van der Waals surface area (Å²) in [5.41, 5.74) is 4.34.